The van der Waals surface area contributed by atoms with Crippen LogP contribution in [0.25, 0.3) is 11.1 Å². The van der Waals surface area contributed by atoms with Crippen molar-refractivity contribution in [3.05, 3.63) is 95.1 Å². The summed E-state index contributed by atoms with van der Waals surface area (Å²) in [5.41, 5.74) is 8.20. The summed E-state index contributed by atoms with van der Waals surface area (Å²) in [6.07, 6.45) is 0. The number of fused-ring (bicyclic) bond motifs is 3. The molecule has 1 N–H and O–H groups in total. The molecular weight excluding hydrogens is 266 g/mol. The molecule has 0 heterocycles. The molecule has 0 atom stereocenters. The van der Waals surface area contributed by atoms with Gasteiger partial charge in [-0.2, -0.15) is 0 Å². The van der Waals surface area contributed by atoms with Crippen molar-refractivity contribution in [2.75, 3.05) is 0 Å². The highest BCUT2D eigenvalue weighted by molar-refractivity contribution is 5.78. The predicted octanol–water partition coefficient (Wildman–Crippen LogP) is 4.85. The third-order valence-electron chi connectivity index (χ3n) is 4.59. The molecule has 0 unspecified atom stereocenters. The summed E-state index contributed by atoms with van der Waals surface area (Å²) in [6, 6.07) is 26.3. The lowest BCUT2D eigenvalue weighted by Gasteiger charge is -2.17. The summed E-state index contributed by atoms with van der Waals surface area (Å²) < 4.78 is 0. The Kier molecular flexibility index (Phi) is 3.28. The Morgan fingerprint density at radius 3 is 1.91 bits per heavy atom. The van der Waals surface area contributed by atoms with Crippen LogP contribution in [0.15, 0.2) is 72.8 Å². The molecule has 1 aliphatic rings. The van der Waals surface area contributed by atoms with E-state index in [9.17, 15) is 0 Å². The second-order valence-electron chi connectivity index (χ2n) is 5.91. The van der Waals surface area contributed by atoms with Gasteiger partial charge in [-0.25, -0.2) is 0 Å². The van der Waals surface area contributed by atoms with E-state index in [0.717, 1.165) is 6.54 Å². The van der Waals surface area contributed by atoms with Gasteiger partial charge in [0.15, 0.2) is 0 Å². The van der Waals surface area contributed by atoms with E-state index in [-0.39, 0.29) is 6.04 Å². The molecule has 4 rings (SSSR count). The molecule has 3 aromatic carbocycles. The number of hydrogen-bond acceptors (Lipinski definition) is 1. The Balaban J connectivity index is 1.69. The normalized spacial score (nSPS) is 13.0. The molecule has 0 saturated heterocycles. The summed E-state index contributed by atoms with van der Waals surface area (Å²) in [5, 5.41) is 3.75. The van der Waals surface area contributed by atoms with Gasteiger partial charge in [-0.1, -0.05) is 72.8 Å². The standard InChI is InChI=1S/C21H19N/c1-15-8-2-3-9-16(15)14-22-21-19-12-6-4-10-17(19)18-11-5-7-13-20(18)21/h2-13,21-22H,14H2,1H3. The highest BCUT2D eigenvalue weighted by Crippen LogP contribution is 2.43. The van der Waals surface area contributed by atoms with Gasteiger partial charge in [0, 0.05) is 6.54 Å². The maximum absolute atomic E-state index is 3.75. The quantitative estimate of drug-likeness (QED) is 0.725. The fourth-order valence-corrected chi connectivity index (χ4v) is 3.40. The van der Waals surface area contributed by atoms with Crippen LogP contribution in [0.1, 0.15) is 28.3 Å². The van der Waals surface area contributed by atoms with E-state index < -0.39 is 0 Å². The van der Waals surface area contributed by atoms with E-state index in [1.807, 2.05) is 0 Å². The lowest BCUT2D eigenvalue weighted by atomic mass is 10.0. The second-order valence-corrected chi connectivity index (χ2v) is 5.91. The molecule has 0 radical (unpaired) electrons. The molecule has 0 amide bonds. The van der Waals surface area contributed by atoms with Crippen molar-refractivity contribution in [2.45, 2.75) is 19.5 Å². The van der Waals surface area contributed by atoms with Crippen molar-refractivity contribution in [3.63, 3.8) is 0 Å². The summed E-state index contributed by atoms with van der Waals surface area (Å²) >= 11 is 0. The maximum atomic E-state index is 3.75. The Morgan fingerprint density at radius 2 is 1.27 bits per heavy atom. The van der Waals surface area contributed by atoms with Crippen LogP contribution in [0.4, 0.5) is 0 Å². The Bertz CT molecular complexity index is 774. The van der Waals surface area contributed by atoms with Crippen LogP contribution < -0.4 is 5.32 Å². The van der Waals surface area contributed by atoms with Gasteiger partial charge >= 0.3 is 0 Å². The van der Waals surface area contributed by atoms with Gasteiger partial charge in [0.2, 0.25) is 0 Å². The second kappa shape index (κ2) is 5.43. The van der Waals surface area contributed by atoms with E-state index in [4.69, 9.17) is 0 Å². The number of hydrogen-bond donors (Lipinski definition) is 1. The summed E-state index contributed by atoms with van der Waals surface area (Å²) in [7, 11) is 0. The van der Waals surface area contributed by atoms with E-state index in [1.54, 1.807) is 0 Å². The molecule has 3 aromatic rings. The third kappa shape index (κ3) is 2.15. The molecule has 22 heavy (non-hydrogen) atoms. The number of nitrogens with one attached hydrogen (secondary N) is 1. The lowest BCUT2D eigenvalue weighted by Crippen LogP contribution is -2.20. The fourth-order valence-electron chi connectivity index (χ4n) is 3.40. The maximum Gasteiger partial charge on any atom is 0.0591 e. The van der Waals surface area contributed by atoms with Gasteiger partial charge in [-0.05, 0) is 40.3 Å². The number of benzene rings is 3. The van der Waals surface area contributed by atoms with Crippen molar-refractivity contribution in [2.24, 2.45) is 0 Å². The largest absolute Gasteiger partial charge is 0.302 e. The first-order chi connectivity index (χ1) is 10.8. The monoisotopic (exact) mass is 285 g/mol. The van der Waals surface area contributed by atoms with Crippen molar-refractivity contribution in [1.29, 1.82) is 0 Å². The SMILES string of the molecule is Cc1ccccc1CNC1c2ccccc2-c2ccccc21. The van der Waals surface area contributed by atoms with Gasteiger partial charge in [0.25, 0.3) is 0 Å². The first-order valence-corrected chi connectivity index (χ1v) is 7.81. The van der Waals surface area contributed by atoms with Crippen molar-refractivity contribution in [1.82, 2.24) is 5.32 Å². The third-order valence-corrected chi connectivity index (χ3v) is 4.59. The zero-order valence-electron chi connectivity index (χ0n) is 12.7. The van der Waals surface area contributed by atoms with Crippen LogP contribution in [0, 0.1) is 6.92 Å². The van der Waals surface area contributed by atoms with Crippen LogP contribution in [0.2, 0.25) is 0 Å². The minimum atomic E-state index is 0.284. The molecule has 1 nitrogen and oxygen atoms in total. The topological polar surface area (TPSA) is 12.0 Å². The molecule has 0 aromatic heterocycles. The first-order valence-electron chi connectivity index (χ1n) is 7.81. The van der Waals surface area contributed by atoms with Crippen LogP contribution in [-0.4, -0.2) is 0 Å². The zero-order valence-corrected chi connectivity index (χ0v) is 12.7. The fraction of sp³-hybridized carbons (Fsp3) is 0.143. The number of aryl methyl sites for hydroxylation is 1. The highest BCUT2D eigenvalue weighted by atomic mass is 14.9. The zero-order chi connectivity index (χ0) is 14.9. The molecular formula is C21H19N. The van der Waals surface area contributed by atoms with Crippen molar-refractivity contribution in [3.8, 4) is 11.1 Å². The number of rotatable bonds is 3. The molecule has 0 saturated carbocycles. The summed E-state index contributed by atoms with van der Waals surface area (Å²) in [6.45, 7) is 3.06. The minimum absolute atomic E-state index is 0.284. The summed E-state index contributed by atoms with van der Waals surface area (Å²) in [5.74, 6) is 0. The smallest absolute Gasteiger partial charge is 0.0591 e. The lowest BCUT2D eigenvalue weighted by molar-refractivity contribution is 0.614. The van der Waals surface area contributed by atoms with Crippen LogP contribution in [-0.2, 0) is 6.54 Å². The van der Waals surface area contributed by atoms with Gasteiger partial charge in [-0.3, -0.25) is 0 Å². The molecule has 0 bridgehead atoms. The summed E-state index contributed by atoms with van der Waals surface area (Å²) in [4.78, 5) is 0. The molecule has 108 valence electrons. The van der Waals surface area contributed by atoms with E-state index in [2.05, 4.69) is 85.0 Å². The van der Waals surface area contributed by atoms with Gasteiger partial charge in [0.05, 0.1) is 6.04 Å². The average Bonchev–Trinajstić information content (AvgIpc) is 2.89. The van der Waals surface area contributed by atoms with Crippen LogP contribution >= 0.6 is 0 Å². The molecule has 0 spiro atoms. The highest BCUT2D eigenvalue weighted by Gasteiger charge is 2.27. The Hall–Kier alpha value is -2.38. The minimum Gasteiger partial charge on any atom is -0.302 e. The van der Waals surface area contributed by atoms with E-state index >= 15 is 0 Å². The van der Waals surface area contributed by atoms with Crippen LogP contribution in [0.5, 0.6) is 0 Å². The Labute approximate surface area is 131 Å². The molecule has 0 aliphatic heterocycles. The molecule has 1 heteroatoms. The van der Waals surface area contributed by atoms with Crippen molar-refractivity contribution >= 4 is 0 Å². The predicted molar refractivity (Wildman–Crippen MR) is 91.7 cm³/mol. The van der Waals surface area contributed by atoms with Crippen LogP contribution in [0.3, 0.4) is 0 Å². The average molecular weight is 285 g/mol. The van der Waals surface area contributed by atoms with E-state index in [0.29, 0.717) is 0 Å². The first kappa shape index (κ1) is 13.3. The van der Waals surface area contributed by atoms with Gasteiger partial charge < -0.3 is 5.32 Å². The van der Waals surface area contributed by atoms with E-state index in [1.165, 1.54) is 33.4 Å². The Morgan fingerprint density at radius 1 is 0.727 bits per heavy atom. The molecule has 1 aliphatic carbocycles. The molecule has 0 fully saturated rings. The van der Waals surface area contributed by atoms with Gasteiger partial charge in [0.1, 0.15) is 0 Å². The van der Waals surface area contributed by atoms with Crippen molar-refractivity contribution < 1.29 is 0 Å². The van der Waals surface area contributed by atoms with Gasteiger partial charge in [-0.15, -0.1) is 0 Å².